The van der Waals surface area contributed by atoms with Gasteiger partial charge in [0.15, 0.2) is 5.78 Å². The van der Waals surface area contributed by atoms with E-state index in [1.165, 1.54) is 13.2 Å². The molecule has 0 spiro atoms. The zero-order valence-electron chi connectivity index (χ0n) is 15.1. The van der Waals surface area contributed by atoms with Gasteiger partial charge in [0, 0.05) is 17.6 Å². The second kappa shape index (κ2) is 6.92. The van der Waals surface area contributed by atoms with Crippen LogP contribution in [0.2, 0.25) is 0 Å². The van der Waals surface area contributed by atoms with Gasteiger partial charge in [-0.05, 0) is 48.7 Å². The van der Waals surface area contributed by atoms with E-state index in [0.29, 0.717) is 34.4 Å². The fourth-order valence-electron chi connectivity index (χ4n) is 3.73. The predicted octanol–water partition coefficient (Wildman–Crippen LogP) is 3.95. The van der Waals surface area contributed by atoms with E-state index in [2.05, 4.69) is 4.74 Å². The summed E-state index contributed by atoms with van der Waals surface area (Å²) in [5.74, 6) is -0.0578. The fourth-order valence-corrected chi connectivity index (χ4v) is 3.73. The Balaban J connectivity index is 1.84. The summed E-state index contributed by atoms with van der Waals surface area (Å²) < 4.78 is 10.6. The molecule has 1 unspecified atom stereocenters. The number of Topliss-reactive ketones (excluding diaryl/α,β-unsaturated/α-hetero) is 1. The molecule has 1 heterocycles. The lowest BCUT2D eigenvalue weighted by Crippen LogP contribution is -2.31. The maximum Gasteiger partial charge on any atom is 0.344 e. The van der Waals surface area contributed by atoms with Crippen LogP contribution < -0.4 is 4.74 Å². The number of esters is 1. The highest BCUT2D eigenvalue weighted by molar-refractivity contribution is 6.02. The first-order valence-corrected chi connectivity index (χ1v) is 8.91. The first-order chi connectivity index (χ1) is 13.5. The minimum atomic E-state index is -0.771. The van der Waals surface area contributed by atoms with Crippen molar-refractivity contribution >= 4 is 23.5 Å². The van der Waals surface area contributed by atoms with E-state index in [-0.39, 0.29) is 23.1 Å². The Labute approximate surface area is 160 Å². The first kappa shape index (κ1) is 17.9. The van der Waals surface area contributed by atoms with Gasteiger partial charge < -0.3 is 9.47 Å². The van der Waals surface area contributed by atoms with Gasteiger partial charge in [-0.1, -0.05) is 12.1 Å². The van der Waals surface area contributed by atoms with Crippen molar-refractivity contribution in [2.24, 2.45) is 0 Å². The third kappa shape index (κ3) is 2.94. The summed E-state index contributed by atoms with van der Waals surface area (Å²) in [6.45, 7) is 0. The van der Waals surface area contributed by atoms with E-state index >= 15 is 0 Å². The van der Waals surface area contributed by atoms with E-state index in [4.69, 9.17) is 4.74 Å². The summed E-state index contributed by atoms with van der Waals surface area (Å²) in [5.41, 5.74) is 1.76. The van der Waals surface area contributed by atoms with Crippen LogP contribution in [0.5, 0.6) is 5.75 Å². The molecule has 2 aromatic rings. The molecule has 2 aromatic carbocycles. The van der Waals surface area contributed by atoms with Crippen molar-refractivity contribution in [3.63, 3.8) is 0 Å². The van der Waals surface area contributed by atoms with E-state index in [1.54, 1.807) is 30.3 Å². The normalized spacial score (nSPS) is 17.7. The molecule has 28 heavy (non-hydrogen) atoms. The maximum atomic E-state index is 12.2. The summed E-state index contributed by atoms with van der Waals surface area (Å²) in [5, 5.41) is 11.7. The predicted molar refractivity (Wildman–Crippen MR) is 101 cm³/mol. The molecule has 1 aliphatic carbocycles. The Kier molecular flexibility index (Phi) is 4.43. The highest BCUT2D eigenvalue weighted by Crippen LogP contribution is 2.39. The largest absolute Gasteiger partial charge is 0.485 e. The van der Waals surface area contributed by atoms with E-state index in [0.717, 1.165) is 12.8 Å². The minimum Gasteiger partial charge on any atom is -0.485 e. The van der Waals surface area contributed by atoms with Crippen LogP contribution in [0.25, 0.3) is 17.2 Å². The maximum absolute atomic E-state index is 12.2. The number of para-hydroxylation sites is 1. The first-order valence-electron chi connectivity index (χ1n) is 8.91. The van der Waals surface area contributed by atoms with E-state index < -0.39 is 10.9 Å². The van der Waals surface area contributed by atoms with Crippen LogP contribution in [0.3, 0.4) is 0 Å². The van der Waals surface area contributed by atoms with Crippen LogP contribution in [0.4, 0.5) is 5.69 Å². The van der Waals surface area contributed by atoms with Crippen LogP contribution in [0.15, 0.2) is 42.0 Å². The molecule has 1 fully saturated rings. The average Bonchev–Trinajstić information content (AvgIpc) is 2.71. The molecular weight excluding hydrogens is 362 g/mol. The number of ketones is 1. The van der Waals surface area contributed by atoms with Gasteiger partial charge in [-0.15, -0.1) is 0 Å². The van der Waals surface area contributed by atoms with Gasteiger partial charge in [-0.3, -0.25) is 14.9 Å². The summed E-state index contributed by atoms with van der Waals surface area (Å²) in [4.78, 5) is 35.2. The van der Waals surface area contributed by atoms with Crippen molar-refractivity contribution in [2.75, 3.05) is 7.11 Å². The quantitative estimate of drug-likeness (QED) is 0.455. The molecule has 1 saturated carbocycles. The molecule has 0 N–H and O–H groups in total. The third-order valence-corrected chi connectivity index (χ3v) is 5.06. The Bertz CT molecular complexity index is 1040. The highest BCUT2D eigenvalue weighted by atomic mass is 16.6. The van der Waals surface area contributed by atoms with Crippen LogP contribution in [-0.2, 0) is 9.53 Å². The summed E-state index contributed by atoms with van der Waals surface area (Å²) in [6, 6.07) is 9.71. The fraction of sp³-hybridized carbons (Fsp3) is 0.238. The van der Waals surface area contributed by atoms with E-state index in [9.17, 15) is 19.7 Å². The molecule has 2 aliphatic rings. The number of nitro benzene ring substituents is 1. The van der Waals surface area contributed by atoms with Crippen molar-refractivity contribution in [3.8, 4) is 16.9 Å². The highest BCUT2D eigenvalue weighted by Gasteiger charge is 2.31. The van der Waals surface area contributed by atoms with Crippen molar-refractivity contribution in [1.82, 2.24) is 0 Å². The Morgan fingerprint density at radius 3 is 2.86 bits per heavy atom. The Hall–Kier alpha value is -3.48. The number of hydrogen-bond acceptors (Lipinski definition) is 6. The van der Waals surface area contributed by atoms with Crippen LogP contribution >= 0.6 is 0 Å². The number of carbonyl (C=O) groups excluding carboxylic acids is 2. The molecule has 0 amide bonds. The third-order valence-electron chi connectivity index (χ3n) is 5.06. The zero-order chi connectivity index (χ0) is 19.8. The molecule has 0 bridgehead atoms. The zero-order valence-corrected chi connectivity index (χ0v) is 15.1. The topological polar surface area (TPSA) is 95.7 Å². The molecule has 4 rings (SSSR count). The van der Waals surface area contributed by atoms with Crippen molar-refractivity contribution in [1.29, 1.82) is 0 Å². The summed E-state index contributed by atoms with van der Waals surface area (Å²) >= 11 is 0. The number of fused-ring (bicyclic) bond motifs is 2. The lowest BCUT2D eigenvalue weighted by molar-refractivity contribution is -0.384. The van der Waals surface area contributed by atoms with Gasteiger partial charge in [0.2, 0.25) is 0 Å². The number of nitrogens with zero attached hydrogens (tertiary/aromatic N) is 1. The molecule has 142 valence electrons. The molecule has 0 aromatic heterocycles. The number of nitro groups is 1. The van der Waals surface area contributed by atoms with Crippen molar-refractivity contribution < 1.29 is 24.0 Å². The molecule has 7 nitrogen and oxygen atoms in total. The molecule has 1 aliphatic heterocycles. The standard InChI is InChI=1S/C21H17NO6/c1-27-21(24)15-5-2-4-14(20(15)22(25)26)12-8-9-18-13(10-12)11-16-17(23)6-3-7-19(16)28-18/h2,4-5,8-11,19H,3,6-7H2,1H3. The SMILES string of the molecule is COC(=O)c1cccc(-c2ccc3c(c2)C=C2C(=O)CCCC2O3)c1[N+](=O)[O-]. The number of hydrogen-bond donors (Lipinski definition) is 0. The Morgan fingerprint density at radius 1 is 1.29 bits per heavy atom. The number of benzene rings is 2. The van der Waals surface area contributed by atoms with Crippen molar-refractivity contribution in [3.05, 3.63) is 63.2 Å². The molecule has 0 saturated heterocycles. The summed E-state index contributed by atoms with van der Waals surface area (Å²) in [7, 11) is 1.18. The van der Waals surface area contributed by atoms with Crippen molar-refractivity contribution in [2.45, 2.75) is 25.4 Å². The Morgan fingerprint density at radius 2 is 2.11 bits per heavy atom. The van der Waals surface area contributed by atoms with Gasteiger partial charge in [-0.2, -0.15) is 0 Å². The molecule has 1 atom stereocenters. The lowest BCUT2D eigenvalue weighted by atomic mass is 9.87. The molecular formula is C21H17NO6. The van der Waals surface area contributed by atoms with Gasteiger partial charge in [0.05, 0.1) is 17.6 Å². The van der Waals surface area contributed by atoms with E-state index in [1.807, 2.05) is 6.08 Å². The van der Waals surface area contributed by atoms with Gasteiger partial charge >= 0.3 is 5.97 Å². The van der Waals surface area contributed by atoms with Crippen LogP contribution in [0.1, 0.15) is 35.2 Å². The van der Waals surface area contributed by atoms with Gasteiger partial charge in [0.25, 0.3) is 5.69 Å². The van der Waals surface area contributed by atoms with Gasteiger partial charge in [0.1, 0.15) is 17.4 Å². The average molecular weight is 379 g/mol. The van der Waals surface area contributed by atoms with Crippen LogP contribution in [-0.4, -0.2) is 29.9 Å². The molecule has 0 radical (unpaired) electrons. The number of methoxy groups -OCH3 is 1. The second-order valence-electron chi connectivity index (χ2n) is 6.72. The molecule has 7 heteroatoms. The monoisotopic (exact) mass is 379 g/mol. The minimum absolute atomic E-state index is 0.0750. The van der Waals surface area contributed by atoms with Crippen LogP contribution in [0, 0.1) is 10.1 Å². The summed E-state index contributed by atoms with van der Waals surface area (Å²) in [6.07, 6.45) is 3.70. The number of ether oxygens (including phenoxy) is 2. The smallest absolute Gasteiger partial charge is 0.344 e. The van der Waals surface area contributed by atoms with Gasteiger partial charge in [-0.25, -0.2) is 4.79 Å². The lowest BCUT2D eigenvalue weighted by Gasteiger charge is -2.30. The number of rotatable bonds is 3. The second-order valence-corrected chi connectivity index (χ2v) is 6.72. The number of carbonyl (C=O) groups is 2.